The molecule has 1 heterocycles. The van der Waals surface area contributed by atoms with Crippen molar-refractivity contribution in [3.05, 3.63) is 93.8 Å². The second-order valence-corrected chi connectivity index (χ2v) is 8.39. The Morgan fingerprint density at radius 3 is 2.31 bits per heavy atom. The Balaban J connectivity index is 1.67. The molecule has 0 aliphatic carbocycles. The number of hydrogen-bond acceptors (Lipinski definition) is 3. The summed E-state index contributed by atoms with van der Waals surface area (Å²) >= 11 is 0. The van der Waals surface area contributed by atoms with Gasteiger partial charge in [0.1, 0.15) is 17.5 Å². The molecule has 0 saturated carbocycles. The van der Waals surface area contributed by atoms with E-state index < -0.39 is 65.7 Å². The van der Waals surface area contributed by atoms with Gasteiger partial charge in [0.25, 0.3) is 5.91 Å². The van der Waals surface area contributed by atoms with Crippen molar-refractivity contribution in [3.8, 4) is 0 Å². The average molecular weight is 504 g/mol. The third-order valence-corrected chi connectivity index (χ3v) is 6.23. The van der Waals surface area contributed by atoms with E-state index in [1.54, 1.807) is 20.0 Å². The van der Waals surface area contributed by atoms with Gasteiger partial charge in [-0.1, -0.05) is 6.07 Å². The largest absolute Gasteiger partial charge is 0.398 e. The van der Waals surface area contributed by atoms with Crippen molar-refractivity contribution < 1.29 is 31.5 Å². The molecule has 0 saturated heterocycles. The normalized spacial score (nSPS) is 15.2. The number of nitrogen functional groups attached to an aromatic ring is 1. The van der Waals surface area contributed by atoms with Crippen LogP contribution in [0.3, 0.4) is 0 Å². The van der Waals surface area contributed by atoms with Crippen LogP contribution in [0, 0.1) is 29.1 Å². The molecule has 0 unspecified atom stereocenters. The van der Waals surface area contributed by atoms with Crippen molar-refractivity contribution in [1.82, 2.24) is 10.2 Å². The second kappa shape index (κ2) is 9.48. The molecule has 3 aromatic carbocycles. The average Bonchev–Trinajstić information content (AvgIpc) is 2.83. The van der Waals surface area contributed by atoms with Gasteiger partial charge in [-0.2, -0.15) is 0 Å². The molecule has 0 bridgehead atoms. The number of amides is 3. The number of benzene rings is 3. The molecule has 3 amide bonds. The van der Waals surface area contributed by atoms with E-state index in [1.807, 2.05) is 0 Å². The molecule has 11 heteroatoms. The number of halogens is 5. The third kappa shape index (κ3) is 4.43. The summed E-state index contributed by atoms with van der Waals surface area (Å²) in [6.45, 7) is 0.793. The van der Waals surface area contributed by atoms with Gasteiger partial charge in [-0.15, -0.1) is 0 Å². The molecule has 188 valence electrons. The number of rotatable bonds is 5. The lowest BCUT2D eigenvalue weighted by atomic mass is 9.98. The van der Waals surface area contributed by atoms with E-state index in [4.69, 9.17) is 5.73 Å². The van der Waals surface area contributed by atoms with Gasteiger partial charge in [-0.05, 0) is 36.8 Å². The Bertz CT molecular complexity index is 1360. The topological polar surface area (TPSA) is 78.7 Å². The van der Waals surface area contributed by atoms with Gasteiger partial charge in [0.2, 0.25) is 0 Å². The summed E-state index contributed by atoms with van der Waals surface area (Å²) in [5.74, 6) is -6.43. The number of carbonyl (C=O) groups is 2. The van der Waals surface area contributed by atoms with Gasteiger partial charge in [0.05, 0.1) is 18.3 Å². The predicted molar refractivity (Wildman–Crippen MR) is 122 cm³/mol. The molecule has 1 aliphatic rings. The Hall–Kier alpha value is -4.15. The SMILES string of the molecule is C[C@H]1c2ccc(C(=O)NCc3c(F)cc(F)cc3F)cc2N(Cc2c(N)ccc(F)c2F)C(=O)N1C. The summed E-state index contributed by atoms with van der Waals surface area (Å²) in [4.78, 5) is 28.4. The van der Waals surface area contributed by atoms with Crippen molar-refractivity contribution in [1.29, 1.82) is 0 Å². The van der Waals surface area contributed by atoms with Crippen molar-refractivity contribution >= 4 is 23.3 Å². The molecule has 36 heavy (non-hydrogen) atoms. The zero-order valence-electron chi connectivity index (χ0n) is 19.2. The van der Waals surface area contributed by atoms with E-state index >= 15 is 0 Å². The van der Waals surface area contributed by atoms with Gasteiger partial charge >= 0.3 is 6.03 Å². The Labute approximate surface area is 203 Å². The van der Waals surface area contributed by atoms with Gasteiger partial charge in [0.15, 0.2) is 11.6 Å². The first-order valence-corrected chi connectivity index (χ1v) is 10.8. The van der Waals surface area contributed by atoms with Crippen LogP contribution in [-0.2, 0) is 13.1 Å². The molecule has 1 atom stereocenters. The molecule has 0 fully saturated rings. The predicted octanol–water partition coefficient (Wildman–Crippen LogP) is 5.03. The van der Waals surface area contributed by atoms with E-state index in [1.165, 1.54) is 28.0 Å². The van der Waals surface area contributed by atoms with E-state index in [-0.39, 0.29) is 22.5 Å². The highest BCUT2D eigenvalue weighted by Gasteiger charge is 2.34. The minimum Gasteiger partial charge on any atom is -0.398 e. The summed E-state index contributed by atoms with van der Waals surface area (Å²) in [6.07, 6.45) is 0. The number of urea groups is 1. The standard InChI is InChI=1S/C25H21F5N4O2/c1-12-15-4-3-13(24(35)32-10-16-19(28)8-14(26)9-20(16)29)7-22(15)34(25(36)33(12)2)11-17-21(31)6-5-18(27)23(17)30/h3-9,12H,10-11,31H2,1-2H3,(H,32,35)/t12-/m0/s1. The number of nitrogens with two attached hydrogens (primary N) is 1. The molecule has 6 nitrogen and oxygen atoms in total. The zero-order valence-corrected chi connectivity index (χ0v) is 19.2. The molecular formula is C25H21F5N4O2. The Morgan fingerprint density at radius 1 is 0.972 bits per heavy atom. The number of nitrogens with zero attached hydrogens (tertiary/aromatic N) is 2. The van der Waals surface area contributed by atoms with Crippen LogP contribution < -0.4 is 16.0 Å². The third-order valence-electron chi connectivity index (χ3n) is 6.23. The summed E-state index contributed by atoms with van der Waals surface area (Å²) in [7, 11) is 1.54. The van der Waals surface area contributed by atoms with Gasteiger partial charge in [-0.25, -0.2) is 26.7 Å². The Morgan fingerprint density at radius 2 is 1.64 bits per heavy atom. The van der Waals surface area contributed by atoms with Crippen LogP contribution >= 0.6 is 0 Å². The van der Waals surface area contributed by atoms with Crippen molar-refractivity contribution in [2.75, 3.05) is 17.7 Å². The number of anilines is 2. The maximum absolute atomic E-state index is 14.5. The number of hydrogen-bond donors (Lipinski definition) is 2. The lowest BCUT2D eigenvalue weighted by Gasteiger charge is -2.40. The minimum absolute atomic E-state index is 0.0407. The van der Waals surface area contributed by atoms with Crippen LogP contribution in [0.4, 0.5) is 38.1 Å². The van der Waals surface area contributed by atoms with E-state index in [0.717, 1.165) is 6.07 Å². The fraction of sp³-hybridized carbons (Fsp3) is 0.200. The zero-order chi connectivity index (χ0) is 26.3. The lowest BCUT2D eigenvalue weighted by Crippen LogP contribution is -2.46. The quantitative estimate of drug-likeness (QED) is 0.378. The fourth-order valence-corrected chi connectivity index (χ4v) is 4.03. The molecule has 0 spiro atoms. The van der Waals surface area contributed by atoms with Crippen LogP contribution in [0.15, 0.2) is 42.5 Å². The van der Waals surface area contributed by atoms with E-state index in [2.05, 4.69) is 5.32 Å². The maximum atomic E-state index is 14.5. The monoisotopic (exact) mass is 504 g/mol. The lowest BCUT2D eigenvalue weighted by molar-refractivity contribution is 0.0950. The number of nitrogens with one attached hydrogen (secondary N) is 1. The summed E-state index contributed by atoms with van der Waals surface area (Å²) < 4.78 is 69.3. The molecular weight excluding hydrogens is 483 g/mol. The van der Waals surface area contributed by atoms with Crippen LogP contribution in [0.5, 0.6) is 0 Å². The van der Waals surface area contributed by atoms with Gasteiger partial charge < -0.3 is 16.0 Å². The van der Waals surface area contributed by atoms with Gasteiger partial charge in [-0.3, -0.25) is 9.69 Å². The van der Waals surface area contributed by atoms with Crippen molar-refractivity contribution in [2.45, 2.75) is 26.1 Å². The molecule has 1 aliphatic heterocycles. The summed E-state index contributed by atoms with van der Waals surface area (Å²) in [6, 6.07) is 6.55. The first-order valence-electron chi connectivity index (χ1n) is 10.8. The summed E-state index contributed by atoms with van der Waals surface area (Å²) in [5, 5.41) is 2.36. The van der Waals surface area contributed by atoms with Crippen LogP contribution in [0.2, 0.25) is 0 Å². The molecule has 0 radical (unpaired) electrons. The van der Waals surface area contributed by atoms with Crippen LogP contribution in [0.1, 0.15) is 40.0 Å². The first kappa shape index (κ1) is 25.0. The first-order chi connectivity index (χ1) is 17.0. The van der Waals surface area contributed by atoms with Crippen LogP contribution in [-0.4, -0.2) is 23.9 Å². The maximum Gasteiger partial charge on any atom is 0.325 e. The number of fused-ring (bicyclic) bond motifs is 1. The fourth-order valence-electron chi connectivity index (χ4n) is 4.03. The molecule has 3 N–H and O–H groups in total. The summed E-state index contributed by atoms with van der Waals surface area (Å²) in [5.41, 5.74) is 5.96. The van der Waals surface area contributed by atoms with Crippen molar-refractivity contribution in [3.63, 3.8) is 0 Å². The smallest absolute Gasteiger partial charge is 0.325 e. The molecule has 3 aromatic rings. The minimum atomic E-state index is -1.19. The van der Waals surface area contributed by atoms with E-state index in [9.17, 15) is 31.5 Å². The van der Waals surface area contributed by atoms with E-state index in [0.29, 0.717) is 17.7 Å². The van der Waals surface area contributed by atoms with Crippen molar-refractivity contribution in [2.24, 2.45) is 0 Å². The second-order valence-electron chi connectivity index (χ2n) is 8.39. The number of carbonyl (C=O) groups excluding carboxylic acids is 2. The highest BCUT2D eigenvalue weighted by Crippen LogP contribution is 2.38. The molecule has 4 rings (SSSR count). The van der Waals surface area contributed by atoms with Crippen LogP contribution in [0.25, 0.3) is 0 Å². The Kier molecular flexibility index (Phi) is 6.57. The molecule has 0 aromatic heterocycles. The highest BCUT2D eigenvalue weighted by molar-refractivity contribution is 6.00. The highest BCUT2D eigenvalue weighted by atomic mass is 19.2. The van der Waals surface area contributed by atoms with Gasteiger partial charge in [0, 0.05) is 48.1 Å².